The fraction of sp³-hybridized carbons (Fsp3) is 0.652. The highest BCUT2D eigenvalue weighted by Gasteiger charge is 2.23. The van der Waals surface area contributed by atoms with Gasteiger partial charge < -0.3 is 19.7 Å². The summed E-state index contributed by atoms with van der Waals surface area (Å²) in [5.41, 5.74) is 1.39. The van der Waals surface area contributed by atoms with Crippen molar-refractivity contribution in [1.29, 1.82) is 0 Å². The monoisotopic (exact) mass is 376 g/mol. The van der Waals surface area contributed by atoms with Crippen molar-refractivity contribution in [3.63, 3.8) is 0 Å². The van der Waals surface area contributed by atoms with Crippen LogP contribution in [-0.4, -0.2) is 24.4 Å². The highest BCUT2D eigenvalue weighted by atomic mass is 16.5. The first-order valence-electron chi connectivity index (χ1n) is 9.96. The summed E-state index contributed by atoms with van der Waals surface area (Å²) >= 11 is 0. The maximum absolute atomic E-state index is 10.5. The van der Waals surface area contributed by atoms with E-state index < -0.39 is 0 Å². The zero-order valence-corrected chi connectivity index (χ0v) is 17.6. The van der Waals surface area contributed by atoms with E-state index in [1.165, 1.54) is 39.9 Å². The summed E-state index contributed by atoms with van der Waals surface area (Å²) in [5, 5.41) is 20.9. The molecule has 0 aliphatic heterocycles. The number of phenolic OH excluding ortho intramolecular Hbond substituents is 2. The minimum absolute atomic E-state index is 0.0376. The van der Waals surface area contributed by atoms with Gasteiger partial charge in [0.05, 0.1) is 14.2 Å². The molecule has 1 aromatic rings. The van der Waals surface area contributed by atoms with Gasteiger partial charge in [0.15, 0.2) is 11.5 Å². The molecule has 1 rings (SSSR count). The Labute approximate surface area is 164 Å². The molecule has 27 heavy (non-hydrogen) atoms. The van der Waals surface area contributed by atoms with Crippen molar-refractivity contribution in [2.24, 2.45) is 11.8 Å². The van der Waals surface area contributed by atoms with Crippen molar-refractivity contribution >= 4 is 0 Å². The lowest BCUT2D eigenvalue weighted by molar-refractivity contribution is 0.313. The summed E-state index contributed by atoms with van der Waals surface area (Å²) in [5.74, 6) is 4.47. The van der Waals surface area contributed by atoms with Crippen LogP contribution in [0.5, 0.6) is 23.0 Å². The number of hydrogen-bond acceptors (Lipinski definition) is 4. The van der Waals surface area contributed by atoms with Crippen molar-refractivity contribution < 1.29 is 19.7 Å². The number of terminal acetylenes is 1. The van der Waals surface area contributed by atoms with E-state index in [1.807, 2.05) is 0 Å². The molecule has 152 valence electrons. The lowest BCUT2D eigenvalue weighted by Gasteiger charge is -2.19. The quantitative estimate of drug-likeness (QED) is 0.283. The maximum atomic E-state index is 10.5. The number of unbranched alkanes of at least 4 members (excludes halogenated alkanes) is 1. The van der Waals surface area contributed by atoms with Crippen LogP contribution in [0.1, 0.15) is 69.9 Å². The SMILES string of the molecule is C#CCCCC(C)CCCC(C)CCc1c(C)c(O)c(OC)c(OC)c1O. The van der Waals surface area contributed by atoms with Crippen molar-refractivity contribution in [1.82, 2.24) is 0 Å². The number of rotatable bonds is 12. The highest BCUT2D eigenvalue weighted by Crippen LogP contribution is 2.48. The van der Waals surface area contributed by atoms with Gasteiger partial charge in [0.25, 0.3) is 0 Å². The van der Waals surface area contributed by atoms with E-state index in [0.717, 1.165) is 30.7 Å². The van der Waals surface area contributed by atoms with Gasteiger partial charge in [-0.3, -0.25) is 0 Å². The maximum Gasteiger partial charge on any atom is 0.207 e. The van der Waals surface area contributed by atoms with E-state index in [0.29, 0.717) is 17.9 Å². The molecular weight excluding hydrogens is 340 g/mol. The van der Waals surface area contributed by atoms with Crippen LogP contribution in [0.15, 0.2) is 0 Å². The molecule has 2 unspecified atom stereocenters. The lowest BCUT2D eigenvalue weighted by Crippen LogP contribution is -2.03. The Morgan fingerprint density at radius 2 is 1.41 bits per heavy atom. The molecule has 1 aromatic carbocycles. The fourth-order valence-corrected chi connectivity index (χ4v) is 3.57. The van der Waals surface area contributed by atoms with Crippen molar-refractivity contribution in [3.8, 4) is 35.3 Å². The Kier molecular flexibility index (Phi) is 9.93. The topological polar surface area (TPSA) is 58.9 Å². The highest BCUT2D eigenvalue weighted by molar-refractivity contribution is 5.65. The van der Waals surface area contributed by atoms with E-state index in [1.54, 1.807) is 6.92 Å². The third-order valence-electron chi connectivity index (χ3n) is 5.44. The van der Waals surface area contributed by atoms with Gasteiger partial charge in [-0.25, -0.2) is 0 Å². The lowest BCUT2D eigenvalue weighted by atomic mass is 9.91. The molecular formula is C23H36O4. The third-order valence-corrected chi connectivity index (χ3v) is 5.44. The van der Waals surface area contributed by atoms with E-state index in [9.17, 15) is 10.2 Å². The number of ether oxygens (including phenoxy) is 2. The zero-order valence-electron chi connectivity index (χ0n) is 17.6. The summed E-state index contributed by atoms with van der Waals surface area (Å²) in [6.07, 6.45) is 13.8. The molecule has 0 fully saturated rings. The molecule has 0 aliphatic carbocycles. The van der Waals surface area contributed by atoms with Gasteiger partial charge in [-0.2, -0.15) is 0 Å². The van der Waals surface area contributed by atoms with Gasteiger partial charge in [0.1, 0.15) is 0 Å². The minimum Gasteiger partial charge on any atom is -0.504 e. The van der Waals surface area contributed by atoms with Gasteiger partial charge in [-0.1, -0.05) is 33.1 Å². The van der Waals surface area contributed by atoms with Gasteiger partial charge in [-0.15, -0.1) is 12.3 Å². The molecule has 0 bridgehead atoms. The average molecular weight is 377 g/mol. The van der Waals surface area contributed by atoms with Crippen LogP contribution in [0.2, 0.25) is 0 Å². The predicted octanol–water partition coefficient (Wildman–Crippen LogP) is 5.60. The molecule has 4 nitrogen and oxygen atoms in total. The van der Waals surface area contributed by atoms with Gasteiger partial charge >= 0.3 is 0 Å². The van der Waals surface area contributed by atoms with Gasteiger partial charge in [0.2, 0.25) is 11.5 Å². The summed E-state index contributed by atoms with van der Waals surface area (Å²) in [6, 6.07) is 0. The molecule has 0 aliphatic rings. The van der Waals surface area contributed by atoms with E-state index in [2.05, 4.69) is 19.8 Å². The average Bonchev–Trinajstić information content (AvgIpc) is 2.64. The molecule has 0 spiro atoms. The van der Waals surface area contributed by atoms with E-state index in [4.69, 9.17) is 15.9 Å². The van der Waals surface area contributed by atoms with Crippen LogP contribution in [0.25, 0.3) is 0 Å². The third kappa shape index (κ3) is 6.57. The van der Waals surface area contributed by atoms with Crippen LogP contribution in [0, 0.1) is 31.1 Å². The number of benzene rings is 1. The number of aromatic hydroxyl groups is 2. The second-order valence-electron chi connectivity index (χ2n) is 7.64. The first-order chi connectivity index (χ1) is 12.9. The van der Waals surface area contributed by atoms with Gasteiger partial charge in [-0.05, 0) is 44.4 Å². The standard InChI is InChI=1S/C23H36O4/c1-7-8-9-11-16(2)12-10-13-17(3)14-15-19-18(4)20(24)22(26-5)23(27-6)21(19)25/h1,16-17,24-25H,8-15H2,2-6H3. The van der Waals surface area contributed by atoms with E-state index in [-0.39, 0.29) is 23.0 Å². The second kappa shape index (κ2) is 11.6. The largest absolute Gasteiger partial charge is 0.504 e. The summed E-state index contributed by atoms with van der Waals surface area (Å²) in [4.78, 5) is 0. The number of phenols is 2. The molecule has 2 N–H and O–H groups in total. The fourth-order valence-electron chi connectivity index (χ4n) is 3.57. The predicted molar refractivity (Wildman–Crippen MR) is 111 cm³/mol. The summed E-state index contributed by atoms with van der Waals surface area (Å²) in [7, 11) is 2.91. The molecule has 2 atom stereocenters. The van der Waals surface area contributed by atoms with E-state index >= 15 is 0 Å². The van der Waals surface area contributed by atoms with Crippen molar-refractivity contribution in [2.45, 2.75) is 72.1 Å². The molecule has 0 heterocycles. The van der Waals surface area contributed by atoms with Crippen molar-refractivity contribution in [3.05, 3.63) is 11.1 Å². The first-order valence-corrected chi connectivity index (χ1v) is 9.96. The van der Waals surface area contributed by atoms with Crippen molar-refractivity contribution in [2.75, 3.05) is 14.2 Å². The summed E-state index contributed by atoms with van der Waals surface area (Å²) < 4.78 is 10.4. The number of hydrogen-bond donors (Lipinski definition) is 2. The smallest absolute Gasteiger partial charge is 0.207 e. The zero-order chi connectivity index (χ0) is 20.4. The van der Waals surface area contributed by atoms with Crippen LogP contribution < -0.4 is 9.47 Å². The molecule has 0 radical (unpaired) electrons. The Bertz CT molecular complexity index is 630. The molecule has 4 heteroatoms. The normalized spacial score (nSPS) is 13.0. The first kappa shape index (κ1) is 23.0. The Morgan fingerprint density at radius 1 is 0.889 bits per heavy atom. The Balaban J connectivity index is 2.58. The molecule has 0 aromatic heterocycles. The van der Waals surface area contributed by atoms with Crippen LogP contribution in [0.4, 0.5) is 0 Å². The minimum atomic E-state index is 0.0376. The Hall–Kier alpha value is -2.02. The molecule has 0 saturated heterocycles. The molecule has 0 saturated carbocycles. The molecule has 0 amide bonds. The van der Waals surface area contributed by atoms with Gasteiger partial charge in [0, 0.05) is 17.5 Å². The van der Waals surface area contributed by atoms with Crippen LogP contribution >= 0.6 is 0 Å². The summed E-state index contributed by atoms with van der Waals surface area (Å²) in [6.45, 7) is 6.35. The second-order valence-corrected chi connectivity index (χ2v) is 7.64. The Morgan fingerprint density at radius 3 is 1.96 bits per heavy atom. The van der Waals surface area contributed by atoms with Crippen LogP contribution in [0.3, 0.4) is 0 Å². The van der Waals surface area contributed by atoms with Crippen LogP contribution in [-0.2, 0) is 6.42 Å². The number of methoxy groups -OCH3 is 2.